The lowest BCUT2D eigenvalue weighted by Gasteiger charge is -2.33. The van der Waals surface area contributed by atoms with E-state index in [0.29, 0.717) is 51.5 Å². The van der Waals surface area contributed by atoms with Crippen LogP contribution in [0.3, 0.4) is 0 Å². The molecule has 3 rings (SSSR count). The van der Waals surface area contributed by atoms with Crippen LogP contribution in [0, 0.1) is 0 Å². The summed E-state index contributed by atoms with van der Waals surface area (Å²) in [5.74, 6) is -0.243. The molecule has 0 radical (unpaired) electrons. The summed E-state index contributed by atoms with van der Waals surface area (Å²) in [6.07, 6.45) is -8.21. The maximum Gasteiger partial charge on any atom is 0.416 e. The summed E-state index contributed by atoms with van der Waals surface area (Å²) in [7, 11) is 0. The van der Waals surface area contributed by atoms with Gasteiger partial charge >= 0.3 is 12.4 Å². The Kier molecular flexibility index (Phi) is 7.11. The van der Waals surface area contributed by atoms with E-state index in [2.05, 4.69) is 5.32 Å². The van der Waals surface area contributed by atoms with E-state index in [-0.39, 0.29) is 29.7 Å². The number of benzene rings is 1. The minimum Gasteiger partial charge on any atom is -0.391 e. The zero-order chi connectivity index (χ0) is 23.5. The summed E-state index contributed by atoms with van der Waals surface area (Å²) in [6.45, 7) is 2.13. The van der Waals surface area contributed by atoms with Crippen LogP contribution >= 0.6 is 0 Å². The summed E-state index contributed by atoms with van der Waals surface area (Å²) < 4.78 is 84.1. The first-order valence-electron chi connectivity index (χ1n) is 10.1. The third-order valence-corrected chi connectivity index (χ3v) is 5.31. The zero-order valence-electron chi connectivity index (χ0n) is 17.2. The fourth-order valence-corrected chi connectivity index (χ4v) is 3.66. The highest BCUT2D eigenvalue weighted by atomic mass is 19.4. The van der Waals surface area contributed by atoms with Gasteiger partial charge in [-0.05, 0) is 36.6 Å². The van der Waals surface area contributed by atoms with Crippen LogP contribution in [0.4, 0.5) is 26.3 Å². The third-order valence-electron chi connectivity index (χ3n) is 5.31. The molecule has 2 fully saturated rings. The molecular formula is C20H24F6N4O2. The monoisotopic (exact) mass is 466 g/mol. The summed E-state index contributed by atoms with van der Waals surface area (Å²) in [4.78, 5) is 16.0. The van der Waals surface area contributed by atoms with E-state index < -0.39 is 29.4 Å². The van der Waals surface area contributed by atoms with Crippen molar-refractivity contribution < 1.29 is 35.9 Å². The average molecular weight is 466 g/mol. The van der Waals surface area contributed by atoms with E-state index in [9.17, 15) is 31.1 Å². The summed E-state index contributed by atoms with van der Waals surface area (Å²) in [6, 6.07) is 1.38. The van der Waals surface area contributed by atoms with Crippen molar-refractivity contribution in [1.82, 2.24) is 15.1 Å². The molecule has 0 atom stereocenters. The van der Waals surface area contributed by atoms with Crippen molar-refractivity contribution in [3.63, 3.8) is 0 Å². The molecule has 6 nitrogen and oxygen atoms in total. The second-order valence-electron chi connectivity index (χ2n) is 7.63. The van der Waals surface area contributed by atoms with Crippen LogP contribution in [-0.4, -0.2) is 55.1 Å². The Labute approximate surface area is 181 Å². The fourth-order valence-electron chi connectivity index (χ4n) is 3.66. The largest absolute Gasteiger partial charge is 0.416 e. The molecule has 0 unspecified atom stereocenters. The molecule has 2 heterocycles. The number of carbonyl (C=O) groups is 1. The molecule has 1 aromatic carbocycles. The molecule has 3 N–H and O–H groups in total. The predicted molar refractivity (Wildman–Crippen MR) is 103 cm³/mol. The first-order valence-corrected chi connectivity index (χ1v) is 10.1. The number of amides is 1. The smallest absolute Gasteiger partial charge is 0.391 e. The topological polar surface area (TPSA) is 70.8 Å². The molecule has 1 aromatic rings. The third kappa shape index (κ3) is 5.78. The van der Waals surface area contributed by atoms with Crippen LogP contribution in [0.5, 0.6) is 0 Å². The van der Waals surface area contributed by atoms with Crippen LogP contribution in [0.2, 0.25) is 0 Å². The normalized spacial score (nSPS) is 18.6. The van der Waals surface area contributed by atoms with Crippen molar-refractivity contribution in [2.24, 2.45) is 5.73 Å². The second kappa shape index (κ2) is 9.47. The van der Waals surface area contributed by atoms with E-state index in [1.54, 1.807) is 9.80 Å². The molecule has 0 spiro atoms. The first-order chi connectivity index (χ1) is 15.0. The minimum absolute atomic E-state index is 0.0769. The van der Waals surface area contributed by atoms with Crippen LogP contribution in [0.25, 0.3) is 0 Å². The quantitative estimate of drug-likeness (QED) is 0.516. The Hall–Kier alpha value is -2.63. The van der Waals surface area contributed by atoms with Crippen LogP contribution in [-0.2, 0) is 28.4 Å². The zero-order valence-corrected chi connectivity index (χ0v) is 17.2. The van der Waals surface area contributed by atoms with Crippen molar-refractivity contribution in [3.05, 3.63) is 46.4 Å². The van der Waals surface area contributed by atoms with Gasteiger partial charge in [-0.15, -0.1) is 0 Å². The number of nitrogens with zero attached hydrogens (tertiary/aromatic N) is 2. The Morgan fingerprint density at radius 1 is 0.906 bits per heavy atom. The number of hydrogen-bond donors (Lipinski definition) is 2. The van der Waals surface area contributed by atoms with E-state index >= 15 is 0 Å². The number of halogens is 6. The van der Waals surface area contributed by atoms with Crippen molar-refractivity contribution in [1.29, 1.82) is 0 Å². The van der Waals surface area contributed by atoms with Gasteiger partial charge in [0.05, 0.1) is 24.3 Å². The van der Waals surface area contributed by atoms with Crippen molar-refractivity contribution in [2.75, 3.05) is 39.4 Å². The number of rotatable bonds is 5. The van der Waals surface area contributed by atoms with Gasteiger partial charge in [0.2, 0.25) is 0 Å². The highest BCUT2D eigenvalue weighted by Crippen LogP contribution is 2.36. The fraction of sp³-hybridized carbons (Fsp3) is 0.550. The molecule has 0 aromatic heterocycles. The first kappa shape index (κ1) is 24.0. The SMILES string of the molecule is N/C(C(=O)N1CCCC1)=C(\NCc1cc(C(F)(F)F)cc(C(F)(F)F)c1)N1CCOCC1. The lowest BCUT2D eigenvalue weighted by molar-refractivity contribution is -0.143. The second-order valence-corrected chi connectivity index (χ2v) is 7.63. The van der Waals surface area contributed by atoms with Gasteiger partial charge in [0.1, 0.15) is 11.5 Å². The maximum absolute atomic E-state index is 13.1. The highest BCUT2D eigenvalue weighted by molar-refractivity contribution is 5.93. The molecule has 0 saturated carbocycles. The van der Waals surface area contributed by atoms with E-state index in [1.807, 2.05) is 0 Å². The molecule has 2 saturated heterocycles. The number of nitrogens with one attached hydrogen (secondary N) is 1. The minimum atomic E-state index is -4.94. The van der Waals surface area contributed by atoms with Crippen molar-refractivity contribution in [2.45, 2.75) is 31.7 Å². The number of morpholine rings is 1. The lowest BCUT2D eigenvalue weighted by Crippen LogP contribution is -2.44. The summed E-state index contributed by atoms with van der Waals surface area (Å²) in [5, 5.41) is 2.81. The molecule has 0 aliphatic carbocycles. The predicted octanol–water partition coefficient (Wildman–Crippen LogP) is 2.90. The Morgan fingerprint density at radius 2 is 1.44 bits per heavy atom. The van der Waals surface area contributed by atoms with Crippen LogP contribution < -0.4 is 11.1 Å². The molecule has 1 amide bonds. The van der Waals surface area contributed by atoms with Gasteiger partial charge < -0.3 is 25.6 Å². The number of hydrogen-bond acceptors (Lipinski definition) is 5. The van der Waals surface area contributed by atoms with E-state index in [1.165, 1.54) is 0 Å². The van der Waals surface area contributed by atoms with Gasteiger partial charge in [0.25, 0.3) is 5.91 Å². The van der Waals surface area contributed by atoms with Crippen LogP contribution in [0.15, 0.2) is 29.7 Å². The Balaban J connectivity index is 1.90. The number of ether oxygens (including phenoxy) is 1. The van der Waals surface area contributed by atoms with Gasteiger partial charge in [-0.25, -0.2) is 0 Å². The molecule has 0 bridgehead atoms. The van der Waals surface area contributed by atoms with E-state index in [0.717, 1.165) is 12.8 Å². The average Bonchev–Trinajstić information content (AvgIpc) is 3.27. The molecule has 2 aliphatic rings. The molecule has 12 heteroatoms. The van der Waals surface area contributed by atoms with Crippen molar-refractivity contribution >= 4 is 5.91 Å². The number of carbonyl (C=O) groups excluding carboxylic acids is 1. The number of nitrogens with two attached hydrogens (primary N) is 1. The lowest BCUT2D eigenvalue weighted by atomic mass is 10.0. The summed E-state index contributed by atoms with van der Waals surface area (Å²) >= 11 is 0. The molecule has 32 heavy (non-hydrogen) atoms. The molecule has 2 aliphatic heterocycles. The van der Waals surface area contributed by atoms with Crippen LogP contribution in [0.1, 0.15) is 29.5 Å². The Bertz CT molecular complexity index is 824. The van der Waals surface area contributed by atoms with Crippen molar-refractivity contribution in [3.8, 4) is 0 Å². The number of likely N-dealkylation sites (tertiary alicyclic amines) is 1. The standard InChI is InChI=1S/C20H24F6N4O2/c21-19(22,23)14-9-13(10-15(11-14)20(24,25)26)12-28-17(29-5-7-32-8-6-29)16(27)18(31)30-3-1-2-4-30/h9-11,28H,1-8,12,27H2/b17-16+. The van der Waals surface area contributed by atoms with Gasteiger partial charge in [-0.1, -0.05) is 0 Å². The van der Waals surface area contributed by atoms with Gasteiger partial charge in [0.15, 0.2) is 0 Å². The number of alkyl halides is 6. The highest BCUT2D eigenvalue weighted by Gasteiger charge is 2.37. The molecule has 178 valence electrons. The Morgan fingerprint density at radius 3 is 1.94 bits per heavy atom. The van der Waals surface area contributed by atoms with Gasteiger partial charge in [0, 0.05) is 32.7 Å². The van der Waals surface area contributed by atoms with Gasteiger partial charge in [-0.2, -0.15) is 26.3 Å². The summed E-state index contributed by atoms with van der Waals surface area (Å²) in [5.41, 5.74) is 2.95. The van der Waals surface area contributed by atoms with Gasteiger partial charge in [-0.3, -0.25) is 4.79 Å². The van der Waals surface area contributed by atoms with E-state index in [4.69, 9.17) is 10.5 Å². The molecular weight excluding hydrogens is 442 g/mol. The maximum atomic E-state index is 13.1.